The van der Waals surface area contributed by atoms with E-state index in [4.69, 9.17) is 13.7 Å². The second kappa shape index (κ2) is 9.07. The van der Waals surface area contributed by atoms with Crippen molar-refractivity contribution in [3.63, 3.8) is 0 Å². The molecular weight excluding hydrogens is 427 g/mol. The van der Waals surface area contributed by atoms with E-state index in [2.05, 4.69) is 121 Å². The summed E-state index contributed by atoms with van der Waals surface area (Å²) in [4.78, 5) is 0. The van der Waals surface area contributed by atoms with Gasteiger partial charge in [0, 0.05) is 6.61 Å². The molecule has 1 aliphatic rings. The molecule has 3 nitrogen and oxygen atoms in total. The molecule has 0 saturated carbocycles. The van der Waals surface area contributed by atoms with E-state index in [1.54, 1.807) is 0 Å². The number of hydrogen-bond donors (Lipinski definition) is 0. The van der Waals surface area contributed by atoms with Crippen molar-refractivity contribution < 1.29 is 13.7 Å². The van der Waals surface area contributed by atoms with Crippen molar-refractivity contribution in [3.8, 4) is 0 Å². The Morgan fingerprint density at radius 1 is 0.844 bits per heavy atom. The molecule has 0 aromatic heterocycles. The highest BCUT2D eigenvalue weighted by Gasteiger charge is 2.54. The van der Waals surface area contributed by atoms with Crippen LogP contribution in [0.3, 0.4) is 0 Å². The first-order valence-electron chi connectivity index (χ1n) is 11.6. The molecule has 6 heteroatoms. The molecule has 2 aromatic rings. The van der Waals surface area contributed by atoms with Gasteiger partial charge in [0.25, 0.3) is 0 Å². The van der Waals surface area contributed by atoms with Gasteiger partial charge in [0.2, 0.25) is 8.32 Å². The van der Waals surface area contributed by atoms with E-state index in [0.717, 1.165) is 5.47 Å². The van der Waals surface area contributed by atoms with Crippen LogP contribution in [0.5, 0.6) is 0 Å². The Labute approximate surface area is 197 Å². The summed E-state index contributed by atoms with van der Waals surface area (Å²) in [6.07, 6.45) is 0. The highest BCUT2D eigenvalue weighted by atomic mass is 28.4. The summed E-state index contributed by atoms with van der Waals surface area (Å²) < 4.78 is 19.6. The minimum Gasteiger partial charge on any atom is -0.413 e. The van der Waals surface area contributed by atoms with Gasteiger partial charge in [0.1, 0.15) is 0 Å². The van der Waals surface area contributed by atoms with Crippen LogP contribution in [-0.2, 0) is 13.7 Å². The lowest BCUT2D eigenvalue weighted by molar-refractivity contribution is 0.00578. The fraction of sp³-hybridized carbons (Fsp3) is 0.462. The highest BCUT2D eigenvalue weighted by molar-refractivity contribution is 6.92. The van der Waals surface area contributed by atoms with E-state index < -0.39 is 23.5 Å². The van der Waals surface area contributed by atoms with Crippen LogP contribution in [0, 0.1) is 0 Å². The van der Waals surface area contributed by atoms with Crippen molar-refractivity contribution in [2.75, 3.05) is 6.61 Å². The fourth-order valence-corrected chi connectivity index (χ4v) is 9.15. The van der Waals surface area contributed by atoms with E-state index in [1.165, 1.54) is 10.4 Å². The van der Waals surface area contributed by atoms with Crippen molar-refractivity contribution in [2.45, 2.75) is 70.6 Å². The minimum absolute atomic E-state index is 0.162. The number of benzene rings is 2. The van der Waals surface area contributed by atoms with Crippen LogP contribution in [-0.4, -0.2) is 41.3 Å². The number of rotatable bonds is 8. The molecule has 1 unspecified atom stereocenters. The largest absolute Gasteiger partial charge is 0.490 e. The van der Waals surface area contributed by atoms with Crippen molar-refractivity contribution >= 4 is 33.9 Å². The molecule has 1 fully saturated rings. The topological polar surface area (TPSA) is 27.7 Å². The molecule has 0 spiro atoms. The van der Waals surface area contributed by atoms with Crippen molar-refractivity contribution in [1.82, 2.24) is 0 Å². The SMILES string of the molecule is C=C(B1OC(C)(C)C(C)(C)O1)C(CO[Si](C)(C)c1ccccc1)[Si](C)(C)c1ccccc1. The molecule has 1 atom stereocenters. The van der Waals surface area contributed by atoms with Crippen LogP contribution in [0.1, 0.15) is 27.7 Å². The molecule has 32 heavy (non-hydrogen) atoms. The van der Waals surface area contributed by atoms with Crippen LogP contribution < -0.4 is 10.4 Å². The van der Waals surface area contributed by atoms with Gasteiger partial charge in [-0.05, 0) is 57.0 Å². The fourth-order valence-electron chi connectivity index (χ4n) is 4.22. The normalized spacial score (nSPS) is 19.1. The molecule has 0 radical (unpaired) electrons. The van der Waals surface area contributed by atoms with Gasteiger partial charge in [-0.2, -0.15) is 0 Å². The van der Waals surface area contributed by atoms with E-state index in [9.17, 15) is 0 Å². The molecular formula is C26H39BO3Si2. The zero-order chi connectivity index (χ0) is 23.8. The van der Waals surface area contributed by atoms with Crippen LogP contribution in [0.4, 0.5) is 0 Å². The maximum atomic E-state index is 6.77. The zero-order valence-corrected chi connectivity index (χ0v) is 23.1. The molecule has 0 amide bonds. The summed E-state index contributed by atoms with van der Waals surface area (Å²) in [5.74, 6) is 0. The Morgan fingerprint density at radius 2 is 1.28 bits per heavy atom. The molecule has 0 bridgehead atoms. The lowest BCUT2D eigenvalue weighted by Crippen LogP contribution is -2.52. The van der Waals surface area contributed by atoms with Gasteiger partial charge in [0.05, 0.1) is 19.3 Å². The Kier molecular flexibility index (Phi) is 7.14. The van der Waals surface area contributed by atoms with Gasteiger partial charge < -0.3 is 13.7 Å². The summed E-state index contributed by atoms with van der Waals surface area (Å²) in [5.41, 5.74) is 0.391. The third-order valence-electron chi connectivity index (χ3n) is 7.47. The first-order valence-corrected chi connectivity index (χ1v) is 17.6. The quantitative estimate of drug-likeness (QED) is 0.495. The Balaban J connectivity index is 1.91. The lowest BCUT2D eigenvalue weighted by atomic mass is 9.77. The highest BCUT2D eigenvalue weighted by Crippen LogP contribution is 2.42. The van der Waals surface area contributed by atoms with E-state index in [1.807, 2.05) is 0 Å². The summed E-state index contributed by atoms with van der Waals surface area (Å²) in [6.45, 7) is 22.9. The number of hydrogen-bond acceptors (Lipinski definition) is 3. The van der Waals surface area contributed by atoms with Crippen molar-refractivity contribution in [2.24, 2.45) is 0 Å². The smallest absolute Gasteiger partial charge is 0.413 e. The summed E-state index contributed by atoms with van der Waals surface area (Å²) >= 11 is 0. The predicted molar refractivity (Wildman–Crippen MR) is 142 cm³/mol. The van der Waals surface area contributed by atoms with Gasteiger partial charge in [-0.25, -0.2) is 0 Å². The molecule has 1 heterocycles. The zero-order valence-electron chi connectivity index (χ0n) is 21.1. The molecule has 3 rings (SSSR count). The van der Waals surface area contributed by atoms with Crippen LogP contribution in [0.15, 0.2) is 72.7 Å². The van der Waals surface area contributed by atoms with Gasteiger partial charge in [-0.3, -0.25) is 0 Å². The van der Waals surface area contributed by atoms with Gasteiger partial charge in [0.15, 0.2) is 0 Å². The second-order valence-electron chi connectivity index (χ2n) is 11.0. The van der Waals surface area contributed by atoms with Crippen LogP contribution in [0.2, 0.25) is 31.7 Å². The van der Waals surface area contributed by atoms with Gasteiger partial charge >= 0.3 is 7.12 Å². The first kappa shape index (κ1) is 25.2. The predicted octanol–water partition coefficient (Wildman–Crippen LogP) is 5.29. The molecule has 0 N–H and O–H groups in total. The standard InChI is InChI=1S/C26H39BO3Si2/c1-21(27-29-25(2,3)26(4,5)30-27)24(31(6,7)22-16-12-10-13-17-22)20-28-32(8,9)23-18-14-11-15-19-23/h10-19,24H,1,20H2,2-9H3. The van der Waals surface area contributed by atoms with Gasteiger partial charge in [-0.1, -0.05) is 78.9 Å². The molecule has 0 aliphatic carbocycles. The third kappa shape index (κ3) is 5.05. The Morgan fingerprint density at radius 3 is 1.75 bits per heavy atom. The van der Waals surface area contributed by atoms with Crippen LogP contribution in [0.25, 0.3) is 0 Å². The molecule has 1 saturated heterocycles. The average molecular weight is 467 g/mol. The molecule has 1 aliphatic heterocycles. The third-order valence-corrected chi connectivity index (χ3v) is 14.2. The summed E-state index contributed by atoms with van der Waals surface area (Å²) in [6, 6.07) is 21.4. The maximum absolute atomic E-state index is 6.77. The van der Waals surface area contributed by atoms with E-state index >= 15 is 0 Å². The minimum atomic E-state index is -2.06. The molecule has 172 valence electrons. The van der Waals surface area contributed by atoms with E-state index in [0.29, 0.717) is 6.61 Å². The average Bonchev–Trinajstić information content (AvgIpc) is 2.96. The maximum Gasteiger partial charge on any atom is 0.490 e. The van der Waals surface area contributed by atoms with E-state index in [-0.39, 0.29) is 16.7 Å². The second-order valence-corrected chi connectivity index (χ2v) is 19.6. The van der Waals surface area contributed by atoms with Crippen molar-refractivity contribution in [3.05, 3.63) is 72.7 Å². The summed E-state index contributed by atoms with van der Waals surface area (Å²) in [7, 11) is -4.49. The summed E-state index contributed by atoms with van der Waals surface area (Å²) in [5, 5.41) is 2.70. The lowest BCUT2D eigenvalue weighted by Gasteiger charge is -2.37. The Bertz CT molecular complexity index is 911. The molecule has 2 aromatic carbocycles. The van der Waals surface area contributed by atoms with Crippen molar-refractivity contribution in [1.29, 1.82) is 0 Å². The monoisotopic (exact) mass is 466 g/mol. The Hall–Kier alpha value is -1.44. The van der Waals surface area contributed by atoms with Crippen LogP contribution >= 0.6 is 0 Å². The van der Waals surface area contributed by atoms with Gasteiger partial charge in [-0.15, -0.1) is 6.58 Å². The first-order chi connectivity index (χ1) is 14.8.